The van der Waals surface area contributed by atoms with Gasteiger partial charge < -0.3 is 10.8 Å². The van der Waals surface area contributed by atoms with E-state index < -0.39 is 5.97 Å². The van der Waals surface area contributed by atoms with Gasteiger partial charge in [-0.3, -0.25) is 4.79 Å². The molecule has 1 aliphatic rings. The highest BCUT2D eigenvalue weighted by atomic mass is 16.4. The van der Waals surface area contributed by atoms with Crippen LogP contribution in [0.2, 0.25) is 0 Å². The average Bonchev–Trinajstić information content (AvgIpc) is 2.58. The van der Waals surface area contributed by atoms with Gasteiger partial charge in [-0.25, -0.2) is 0 Å². The highest BCUT2D eigenvalue weighted by molar-refractivity contribution is 5.91. The average molecular weight is 229 g/mol. The number of carboxylic acids is 1. The van der Waals surface area contributed by atoms with Crippen LogP contribution < -0.4 is 5.73 Å². The molecule has 1 unspecified atom stereocenters. The van der Waals surface area contributed by atoms with Gasteiger partial charge in [-0.2, -0.15) is 0 Å². The first-order chi connectivity index (χ1) is 8.09. The van der Waals surface area contributed by atoms with Crippen molar-refractivity contribution in [3.05, 3.63) is 47.5 Å². The third kappa shape index (κ3) is 2.29. The molecule has 0 heterocycles. The largest absolute Gasteiger partial charge is 0.481 e. The first-order valence-electron chi connectivity index (χ1n) is 5.55. The number of benzene rings is 2. The Morgan fingerprint density at radius 1 is 1.29 bits per heavy atom. The first kappa shape index (κ1) is 11.6. The number of carboxylic acid groups (broad SMARTS) is 1. The van der Waals surface area contributed by atoms with Gasteiger partial charge in [0.1, 0.15) is 0 Å². The van der Waals surface area contributed by atoms with Crippen LogP contribution in [0.4, 0.5) is 0 Å². The minimum atomic E-state index is -0.833. The molecule has 3 N–H and O–H groups in total. The van der Waals surface area contributed by atoms with Gasteiger partial charge in [0.05, 0.1) is 0 Å². The van der Waals surface area contributed by atoms with Crippen LogP contribution in [0, 0.1) is 0 Å². The van der Waals surface area contributed by atoms with Gasteiger partial charge in [0.2, 0.25) is 0 Å². The molecule has 2 aromatic rings. The third-order valence-corrected chi connectivity index (χ3v) is 2.86. The second-order valence-electron chi connectivity index (χ2n) is 4.19. The normalized spacial score (nSPS) is 16.5. The van der Waals surface area contributed by atoms with Crippen molar-refractivity contribution in [2.45, 2.75) is 19.4 Å². The summed E-state index contributed by atoms with van der Waals surface area (Å²) in [5.41, 5.74) is 8.76. The topological polar surface area (TPSA) is 63.3 Å². The molecule has 88 valence electrons. The van der Waals surface area contributed by atoms with Gasteiger partial charge in [-0.1, -0.05) is 36.4 Å². The van der Waals surface area contributed by atoms with Gasteiger partial charge in [-0.15, -0.1) is 0 Å². The number of hydrogen-bond acceptors (Lipinski definition) is 2. The Balaban J connectivity index is 0.000000239. The molecule has 17 heavy (non-hydrogen) atoms. The molecule has 0 aliphatic heterocycles. The summed E-state index contributed by atoms with van der Waals surface area (Å²) in [6.07, 6.45) is 0.997. The molecule has 0 aromatic heterocycles. The van der Waals surface area contributed by atoms with E-state index in [1.807, 2.05) is 0 Å². The van der Waals surface area contributed by atoms with Crippen LogP contribution in [0.3, 0.4) is 0 Å². The summed E-state index contributed by atoms with van der Waals surface area (Å²) in [5, 5.41) is 10.1. The quantitative estimate of drug-likeness (QED) is 0.729. The third-order valence-electron chi connectivity index (χ3n) is 2.86. The Labute approximate surface area is 99.9 Å². The van der Waals surface area contributed by atoms with Gasteiger partial charge in [0, 0.05) is 13.0 Å². The molecule has 1 aliphatic carbocycles. The fourth-order valence-electron chi connectivity index (χ4n) is 2.28. The van der Waals surface area contributed by atoms with Crippen LogP contribution in [0.25, 0.3) is 10.8 Å². The lowest BCUT2D eigenvalue weighted by atomic mass is 10.1. The van der Waals surface area contributed by atoms with Gasteiger partial charge in [0.25, 0.3) is 5.97 Å². The number of carbonyl (C=O) groups is 1. The van der Waals surface area contributed by atoms with Crippen molar-refractivity contribution in [1.29, 1.82) is 0 Å². The van der Waals surface area contributed by atoms with Crippen LogP contribution in [0.1, 0.15) is 24.1 Å². The highest BCUT2D eigenvalue weighted by Gasteiger charge is 2.19. The van der Waals surface area contributed by atoms with Crippen molar-refractivity contribution < 1.29 is 9.90 Å². The van der Waals surface area contributed by atoms with E-state index in [0.29, 0.717) is 0 Å². The van der Waals surface area contributed by atoms with Gasteiger partial charge in [0.15, 0.2) is 0 Å². The van der Waals surface area contributed by atoms with Gasteiger partial charge >= 0.3 is 0 Å². The minimum absolute atomic E-state index is 0.209. The van der Waals surface area contributed by atoms with Crippen molar-refractivity contribution in [1.82, 2.24) is 0 Å². The fraction of sp³-hybridized carbons (Fsp3) is 0.214. The zero-order chi connectivity index (χ0) is 12.4. The fourth-order valence-corrected chi connectivity index (χ4v) is 2.28. The second kappa shape index (κ2) is 4.55. The van der Waals surface area contributed by atoms with Crippen LogP contribution in [0.15, 0.2) is 36.4 Å². The number of nitrogens with two attached hydrogens (primary N) is 1. The molecular weight excluding hydrogens is 214 g/mol. The second-order valence-corrected chi connectivity index (χ2v) is 4.19. The first-order valence-corrected chi connectivity index (χ1v) is 5.55. The van der Waals surface area contributed by atoms with Crippen LogP contribution in [0.5, 0.6) is 0 Å². The van der Waals surface area contributed by atoms with E-state index in [1.165, 1.54) is 21.9 Å². The maximum atomic E-state index is 9.00. The number of hydrogen-bond donors (Lipinski definition) is 2. The van der Waals surface area contributed by atoms with Crippen LogP contribution in [-0.4, -0.2) is 11.1 Å². The molecule has 1 atom stereocenters. The number of rotatable bonds is 0. The van der Waals surface area contributed by atoms with Crippen LogP contribution >= 0.6 is 0 Å². The predicted molar refractivity (Wildman–Crippen MR) is 67.9 cm³/mol. The Morgan fingerprint density at radius 2 is 1.88 bits per heavy atom. The molecule has 0 radical (unpaired) electrons. The van der Waals surface area contributed by atoms with Crippen molar-refractivity contribution in [3.8, 4) is 0 Å². The lowest BCUT2D eigenvalue weighted by Crippen LogP contribution is -2.07. The van der Waals surface area contributed by atoms with E-state index in [-0.39, 0.29) is 6.04 Å². The van der Waals surface area contributed by atoms with E-state index in [9.17, 15) is 0 Å². The maximum absolute atomic E-state index is 9.00. The molecule has 0 saturated carbocycles. The van der Waals surface area contributed by atoms with Crippen molar-refractivity contribution in [2.75, 3.05) is 0 Å². The zero-order valence-electron chi connectivity index (χ0n) is 9.68. The predicted octanol–water partition coefficient (Wildman–Crippen LogP) is 2.49. The molecule has 3 nitrogen and oxygen atoms in total. The minimum Gasteiger partial charge on any atom is -0.481 e. The monoisotopic (exact) mass is 229 g/mol. The molecule has 3 heteroatoms. The highest BCUT2D eigenvalue weighted by Crippen LogP contribution is 2.35. The zero-order valence-corrected chi connectivity index (χ0v) is 9.68. The van der Waals surface area contributed by atoms with E-state index >= 15 is 0 Å². The molecule has 0 bridgehead atoms. The lowest BCUT2D eigenvalue weighted by molar-refractivity contribution is -0.134. The molecule has 0 fully saturated rings. The van der Waals surface area contributed by atoms with E-state index in [1.54, 1.807) is 0 Å². The molecule has 0 saturated heterocycles. The van der Waals surface area contributed by atoms with E-state index in [2.05, 4.69) is 36.4 Å². The van der Waals surface area contributed by atoms with Crippen LogP contribution in [-0.2, 0) is 11.2 Å². The summed E-state index contributed by atoms with van der Waals surface area (Å²) in [7, 11) is 0. The Morgan fingerprint density at radius 3 is 2.53 bits per heavy atom. The molecule has 0 spiro atoms. The summed E-state index contributed by atoms with van der Waals surface area (Å²) < 4.78 is 0. The summed E-state index contributed by atoms with van der Waals surface area (Å²) in [6.45, 7) is 1.08. The SMILES string of the molecule is CC(=O)O.NC1Cc2cccc3cccc1c23. The Kier molecular flexibility index (Phi) is 3.11. The smallest absolute Gasteiger partial charge is 0.300 e. The summed E-state index contributed by atoms with van der Waals surface area (Å²) in [6, 6.07) is 13.0. The number of aliphatic carboxylic acids is 1. The molecule has 2 aromatic carbocycles. The molecular formula is C14H15NO2. The van der Waals surface area contributed by atoms with Crippen molar-refractivity contribution in [3.63, 3.8) is 0 Å². The van der Waals surface area contributed by atoms with Crippen molar-refractivity contribution >= 4 is 16.7 Å². The molecule has 3 rings (SSSR count). The summed E-state index contributed by atoms with van der Waals surface area (Å²) in [4.78, 5) is 9.00. The van der Waals surface area contributed by atoms with E-state index in [0.717, 1.165) is 13.3 Å². The molecule has 0 amide bonds. The van der Waals surface area contributed by atoms with E-state index in [4.69, 9.17) is 15.6 Å². The van der Waals surface area contributed by atoms with Gasteiger partial charge in [-0.05, 0) is 28.3 Å². The Bertz CT molecular complexity index is 554. The van der Waals surface area contributed by atoms with Crippen molar-refractivity contribution in [2.24, 2.45) is 5.73 Å². The summed E-state index contributed by atoms with van der Waals surface area (Å²) >= 11 is 0. The lowest BCUT2D eigenvalue weighted by Gasteiger charge is -2.02. The maximum Gasteiger partial charge on any atom is 0.300 e. The summed E-state index contributed by atoms with van der Waals surface area (Å²) in [5.74, 6) is -0.833. The standard InChI is InChI=1S/C12H11N.C2H4O2/c13-11-7-9-5-1-3-8-4-2-6-10(11)12(8)9;1-2(3)4/h1-6,11H,7,13H2;1H3,(H,3,4). The Hall–Kier alpha value is -1.87.